The van der Waals surface area contributed by atoms with Crippen LogP contribution in [0.5, 0.6) is 0 Å². The summed E-state index contributed by atoms with van der Waals surface area (Å²) in [5, 5.41) is 0. The van der Waals surface area contributed by atoms with E-state index in [4.69, 9.17) is 23.2 Å². The Labute approximate surface area is 98.6 Å². The van der Waals surface area contributed by atoms with Crippen molar-refractivity contribution in [1.29, 1.82) is 0 Å². The van der Waals surface area contributed by atoms with Gasteiger partial charge in [-0.15, -0.1) is 0 Å². The predicted octanol–water partition coefficient (Wildman–Crippen LogP) is 0.808. The Balaban J connectivity index is 3.81. The van der Waals surface area contributed by atoms with Crippen LogP contribution >= 0.6 is 11.8 Å². The summed E-state index contributed by atoms with van der Waals surface area (Å²) in [6.45, 7) is 8.63. The van der Waals surface area contributed by atoms with Crippen molar-refractivity contribution in [1.82, 2.24) is 9.32 Å². The van der Waals surface area contributed by atoms with Crippen LogP contribution in [0, 0.1) is 0 Å². The summed E-state index contributed by atoms with van der Waals surface area (Å²) in [4.78, 5) is 2.31. The molecule has 0 aromatic heterocycles. The molecule has 0 saturated carbocycles. The van der Waals surface area contributed by atoms with Gasteiger partial charge in [0, 0.05) is 13.1 Å². The van der Waals surface area contributed by atoms with Gasteiger partial charge in [-0.2, -0.15) is 0 Å². The number of rotatable bonds is 9. The topological polar surface area (TPSA) is 58.5 Å². The zero-order chi connectivity index (χ0) is 11.7. The molecule has 0 aliphatic rings. The Kier molecular flexibility index (Phi) is 9.44. The van der Waals surface area contributed by atoms with Crippen molar-refractivity contribution in [3.63, 3.8) is 0 Å². The van der Waals surface area contributed by atoms with Crippen LogP contribution in [0.4, 0.5) is 0 Å². The van der Waals surface area contributed by atoms with E-state index < -0.39 is 0 Å². The van der Waals surface area contributed by atoms with Crippen LogP contribution in [0.15, 0.2) is 0 Å². The fourth-order valence-corrected chi connectivity index (χ4v) is 1.64. The summed E-state index contributed by atoms with van der Waals surface area (Å²) < 4.78 is 1.66. The molecule has 1 atom stereocenters. The molecular weight excluding hydrogens is 212 g/mol. The van der Waals surface area contributed by atoms with Gasteiger partial charge in [0.05, 0.1) is 6.17 Å². The van der Waals surface area contributed by atoms with Crippen LogP contribution in [0.2, 0.25) is 0 Å². The zero-order valence-electron chi connectivity index (χ0n) is 9.95. The molecule has 0 fully saturated rings. The molecule has 0 heterocycles. The van der Waals surface area contributed by atoms with E-state index in [0.29, 0.717) is 6.54 Å². The lowest BCUT2D eigenvalue weighted by atomic mass is 10.3. The fourth-order valence-electron chi connectivity index (χ4n) is 1.46. The van der Waals surface area contributed by atoms with E-state index in [1.807, 2.05) is 0 Å². The third-order valence-electron chi connectivity index (χ3n) is 2.37. The van der Waals surface area contributed by atoms with Crippen molar-refractivity contribution in [3.8, 4) is 0 Å². The fraction of sp³-hybridized carbons (Fsp3) is 1.00. The summed E-state index contributed by atoms with van der Waals surface area (Å²) in [5.41, 5.74) is 11.4. The lowest BCUT2D eigenvalue weighted by Crippen LogP contribution is -2.46. The molecule has 0 aliphatic carbocycles. The highest BCUT2D eigenvalue weighted by molar-refractivity contribution is 6.13. The largest absolute Gasteiger partial charge is 0.330 e. The van der Waals surface area contributed by atoms with Crippen molar-refractivity contribution in [2.75, 3.05) is 32.7 Å². The first-order valence-corrected chi connectivity index (χ1v) is 6.09. The quantitative estimate of drug-likeness (QED) is 0.460. The van der Waals surface area contributed by atoms with Gasteiger partial charge in [-0.1, -0.05) is 13.8 Å². The molecule has 92 valence electrons. The number of halogens is 1. The SMILES string of the molecule is CCCN(CC)CC(N)N(Cl)CCCN. The van der Waals surface area contributed by atoms with Gasteiger partial charge < -0.3 is 16.4 Å². The zero-order valence-corrected chi connectivity index (χ0v) is 10.7. The highest BCUT2D eigenvalue weighted by atomic mass is 35.5. The molecular formula is C10H25ClN4. The molecule has 0 bridgehead atoms. The van der Waals surface area contributed by atoms with E-state index in [0.717, 1.165) is 39.0 Å². The summed E-state index contributed by atoms with van der Waals surface area (Å²) in [6.07, 6.45) is 1.92. The number of hydrogen-bond acceptors (Lipinski definition) is 4. The van der Waals surface area contributed by atoms with Gasteiger partial charge >= 0.3 is 0 Å². The van der Waals surface area contributed by atoms with Crippen LogP contribution in [0.25, 0.3) is 0 Å². The van der Waals surface area contributed by atoms with Gasteiger partial charge in [0.25, 0.3) is 0 Å². The molecule has 0 aliphatic heterocycles. The minimum absolute atomic E-state index is 0.107. The second-order valence-electron chi connectivity index (χ2n) is 3.73. The van der Waals surface area contributed by atoms with Gasteiger partial charge in [0.2, 0.25) is 0 Å². The van der Waals surface area contributed by atoms with E-state index in [9.17, 15) is 0 Å². The van der Waals surface area contributed by atoms with Crippen LogP contribution in [0.1, 0.15) is 26.7 Å². The number of nitrogens with zero attached hydrogens (tertiary/aromatic N) is 2. The lowest BCUT2D eigenvalue weighted by Gasteiger charge is -2.28. The van der Waals surface area contributed by atoms with Crippen molar-refractivity contribution < 1.29 is 0 Å². The van der Waals surface area contributed by atoms with Gasteiger partial charge in [0.15, 0.2) is 0 Å². The van der Waals surface area contributed by atoms with Crippen molar-refractivity contribution in [2.24, 2.45) is 11.5 Å². The third kappa shape index (κ3) is 7.09. The minimum Gasteiger partial charge on any atom is -0.330 e. The number of nitrogens with two attached hydrogens (primary N) is 2. The standard InChI is InChI=1S/C10H25ClN4/c1-3-7-14(4-2)9-10(13)15(11)8-5-6-12/h10H,3-9,12-13H2,1-2H3. The first kappa shape index (κ1) is 15.1. The normalized spacial score (nSPS) is 13.8. The second-order valence-corrected chi connectivity index (χ2v) is 4.16. The third-order valence-corrected chi connectivity index (χ3v) is 2.79. The first-order chi connectivity index (χ1) is 7.15. The van der Waals surface area contributed by atoms with Crippen molar-refractivity contribution >= 4 is 11.8 Å². The first-order valence-electron chi connectivity index (χ1n) is 5.76. The molecule has 0 amide bonds. The Hall–Kier alpha value is 0.130. The highest BCUT2D eigenvalue weighted by Gasteiger charge is 2.14. The Morgan fingerprint density at radius 2 is 1.93 bits per heavy atom. The van der Waals surface area contributed by atoms with Gasteiger partial charge in [-0.25, -0.2) is 4.42 Å². The van der Waals surface area contributed by atoms with E-state index in [-0.39, 0.29) is 6.17 Å². The Morgan fingerprint density at radius 3 is 2.40 bits per heavy atom. The molecule has 0 aromatic rings. The maximum atomic E-state index is 6.04. The number of likely N-dealkylation sites (N-methyl/N-ethyl adjacent to an activating group) is 1. The summed E-state index contributed by atoms with van der Waals surface area (Å²) >= 11 is 6.04. The lowest BCUT2D eigenvalue weighted by molar-refractivity contribution is 0.211. The maximum absolute atomic E-state index is 6.04. The summed E-state index contributed by atoms with van der Waals surface area (Å²) in [7, 11) is 0. The highest BCUT2D eigenvalue weighted by Crippen LogP contribution is 2.02. The monoisotopic (exact) mass is 236 g/mol. The average Bonchev–Trinajstić information content (AvgIpc) is 2.24. The molecule has 4 N–H and O–H groups in total. The molecule has 0 radical (unpaired) electrons. The Morgan fingerprint density at radius 1 is 1.27 bits per heavy atom. The molecule has 0 aromatic carbocycles. The van der Waals surface area contributed by atoms with Crippen LogP contribution in [0.3, 0.4) is 0 Å². The van der Waals surface area contributed by atoms with Crippen molar-refractivity contribution in [2.45, 2.75) is 32.9 Å². The summed E-state index contributed by atoms with van der Waals surface area (Å²) in [6, 6.07) is 0. The smallest absolute Gasteiger partial charge is 0.0846 e. The molecule has 15 heavy (non-hydrogen) atoms. The predicted molar refractivity (Wildman–Crippen MR) is 66.6 cm³/mol. The van der Waals surface area contributed by atoms with Gasteiger partial charge in [-0.3, -0.25) is 0 Å². The van der Waals surface area contributed by atoms with E-state index >= 15 is 0 Å². The second kappa shape index (κ2) is 9.36. The van der Waals surface area contributed by atoms with E-state index in [2.05, 4.69) is 18.7 Å². The van der Waals surface area contributed by atoms with E-state index in [1.54, 1.807) is 4.42 Å². The van der Waals surface area contributed by atoms with Gasteiger partial charge in [-0.05, 0) is 44.3 Å². The maximum Gasteiger partial charge on any atom is 0.0846 e. The van der Waals surface area contributed by atoms with E-state index in [1.165, 1.54) is 0 Å². The van der Waals surface area contributed by atoms with Crippen LogP contribution in [-0.2, 0) is 0 Å². The van der Waals surface area contributed by atoms with Crippen LogP contribution < -0.4 is 11.5 Å². The Bertz CT molecular complexity index is 145. The number of hydrogen-bond donors (Lipinski definition) is 2. The summed E-state index contributed by atoms with van der Waals surface area (Å²) in [5.74, 6) is 0. The molecule has 1 unspecified atom stereocenters. The van der Waals surface area contributed by atoms with Gasteiger partial charge in [0.1, 0.15) is 0 Å². The molecule has 0 saturated heterocycles. The van der Waals surface area contributed by atoms with Crippen LogP contribution in [-0.4, -0.2) is 48.2 Å². The van der Waals surface area contributed by atoms with Crippen molar-refractivity contribution in [3.05, 3.63) is 0 Å². The minimum atomic E-state index is -0.107. The molecule has 0 rings (SSSR count). The molecule has 5 heteroatoms. The molecule has 4 nitrogen and oxygen atoms in total. The average molecular weight is 237 g/mol. The molecule has 0 spiro atoms.